The Morgan fingerprint density at radius 3 is 1.67 bits per heavy atom. The number of piperazine rings is 1. The molecule has 1 saturated heterocycles. The first-order chi connectivity index (χ1) is 20.5. The number of imidazole rings is 1. The zero-order chi connectivity index (χ0) is 29.1. The van der Waals surface area contributed by atoms with Gasteiger partial charge < -0.3 is 10.3 Å². The molecular weight excluding hydrogens is 512 g/mol. The molecule has 42 heavy (non-hydrogen) atoms. The normalized spacial score (nSPS) is 15.7. The minimum atomic E-state index is -0.402. The van der Waals surface area contributed by atoms with E-state index in [0.29, 0.717) is 0 Å². The van der Waals surface area contributed by atoms with E-state index in [-0.39, 0.29) is 11.8 Å². The van der Waals surface area contributed by atoms with Gasteiger partial charge in [0.25, 0.3) is 0 Å². The second-order valence-corrected chi connectivity index (χ2v) is 12.0. The van der Waals surface area contributed by atoms with Crippen LogP contribution in [0.3, 0.4) is 0 Å². The number of aromatic nitrogens is 2. The standard InChI is InChI=1S/C38H42N4/c1-27(2)38(42-25-23-39-24-26-42,34(30-11-7-5-8-12-30)31-13-9-6-10-14-31)36-35(32-19-15-28(3)16-20-32)40-37(41-36)33-21-17-29(4)18-22-33/h5-22,27,34,39H,23-26H2,1-4H3,(H,40,41). The molecule has 0 saturated carbocycles. The van der Waals surface area contributed by atoms with Gasteiger partial charge in [-0.3, -0.25) is 4.90 Å². The van der Waals surface area contributed by atoms with Gasteiger partial charge in [0.1, 0.15) is 5.82 Å². The Hall–Kier alpha value is -3.99. The van der Waals surface area contributed by atoms with Gasteiger partial charge >= 0.3 is 0 Å². The molecule has 0 spiro atoms. The third-order valence-corrected chi connectivity index (χ3v) is 8.98. The third kappa shape index (κ3) is 5.21. The molecule has 4 heteroatoms. The highest BCUT2D eigenvalue weighted by atomic mass is 15.3. The molecule has 2 heterocycles. The van der Waals surface area contributed by atoms with Crippen molar-refractivity contribution in [3.8, 4) is 22.6 Å². The quantitative estimate of drug-likeness (QED) is 0.205. The van der Waals surface area contributed by atoms with Gasteiger partial charge in [-0.15, -0.1) is 0 Å². The number of nitrogens with zero attached hydrogens (tertiary/aromatic N) is 2. The lowest BCUT2D eigenvalue weighted by Gasteiger charge is -2.53. The van der Waals surface area contributed by atoms with Gasteiger partial charge in [0.15, 0.2) is 0 Å². The minimum Gasteiger partial charge on any atom is -0.340 e. The Labute approximate surface area is 250 Å². The largest absolute Gasteiger partial charge is 0.340 e. The summed E-state index contributed by atoms with van der Waals surface area (Å²) in [5.41, 5.74) is 9.20. The van der Waals surface area contributed by atoms with Crippen LogP contribution in [0.5, 0.6) is 0 Å². The number of rotatable bonds is 8. The molecule has 2 N–H and O–H groups in total. The minimum absolute atomic E-state index is 0.0773. The molecule has 4 nitrogen and oxygen atoms in total. The monoisotopic (exact) mass is 554 g/mol. The second kappa shape index (κ2) is 12.1. The zero-order valence-electron chi connectivity index (χ0n) is 25.3. The van der Waals surface area contributed by atoms with E-state index in [2.05, 4.69) is 152 Å². The maximum atomic E-state index is 5.43. The second-order valence-electron chi connectivity index (χ2n) is 12.0. The van der Waals surface area contributed by atoms with Crippen molar-refractivity contribution in [3.05, 3.63) is 137 Å². The molecule has 1 aromatic heterocycles. The first kappa shape index (κ1) is 28.1. The fourth-order valence-corrected chi connectivity index (χ4v) is 6.93. The van der Waals surface area contributed by atoms with E-state index in [4.69, 9.17) is 4.98 Å². The Balaban J connectivity index is 1.70. The maximum Gasteiger partial charge on any atom is 0.138 e. The summed E-state index contributed by atoms with van der Waals surface area (Å²) in [4.78, 5) is 12.2. The summed E-state index contributed by atoms with van der Waals surface area (Å²) in [7, 11) is 0. The molecule has 0 amide bonds. The van der Waals surface area contributed by atoms with E-state index in [0.717, 1.165) is 48.8 Å². The Morgan fingerprint density at radius 2 is 1.17 bits per heavy atom. The molecule has 1 atom stereocenters. The summed E-state index contributed by atoms with van der Waals surface area (Å²) < 4.78 is 0. The van der Waals surface area contributed by atoms with Crippen molar-refractivity contribution in [2.75, 3.05) is 26.2 Å². The topological polar surface area (TPSA) is 44.0 Å². The predicted molar refractivity (Wildman–Crippen MR) is 175 cm³/mol. The molecule has 1 fully saturated rings. The van der Waals surface area contributed by atoms with Crippen LogP contribution in [0.4, 0.5) is 0 Å². The van der Waals surface area contributed by atoms with Crippen molar-refractivity contribution >= 4 is 0 Å². The maximum absolute atomic E-state index is 5.43. The number of benzene rings is 4. The lowest BCUT2D eigenvalue weighted by Crippen LogP contribution is -2.60. The fraction of sp³-hybridized carbons (Fsp3) is 0.289. The average Bonchev–Trinajstić information content (AvgIpc) is 3.47. The number of H-pyrrole nitrogens is 1. The number of hydrogen-bond donors (Lipinski definition) is 2. The molecule has 6 rings (SSSR count). The molecule has 0 radical (unpaired) electrons. The molecular formula is C38H42N4. The highest BCUT2D eigenvalue weighted by molar-refractivity contribution is 5.70. The Bertz CT molecular complexity index is 1540. The van der Waals surface area contributed by atoms with Crippen molar-refractivity contribution in [1.82, 2.24) is 20.2 Å². The van der Waals surface area contributed by atoms with E-state index in [1.165, 1.54) is 27.9 Å². The number of nitrogens with one attached hydrogen (secondary N) is 2. The van der Waals surface area contributed by atoms with Crippen molar-refractivity contribution in [2.45, 2.75) is 39.2 Å². The lowest BCUT2D eigenvalue weighted by molar-refractivity contribution is 0.0119. The summed E-state index contributed by atoms with van der Waals surface area (Å²) in [6, 6.07) is 39.8. The highest BCUT2D eigenvalue weighted by Crippen LogP contribution is 2.53. The lowest BCUT2D eigenvalue weighted by atomic mass is 9.65. The van der Waals surface area contributed by atoms with Crippen molar-refractivity contribution in [3.63, 3.8) is 0 Å². The SMILES string of the molecule is Cc1ccc(-c2nc(-c3ccc(C)cc3)c(C(C(C)C)(C(c3ccccc3)c3ccccc3)N3CCNCC3)[nH]2)cc1. The van der Waals surface area contributed by atoms with E-state index in [1.54, 1.807) is 0 Å². The molecule has 1 aliphatic rings. The summed E-state index contributed by atoms with van der Waals surface area (Å²) in [6.45, 7) is 12.9. The summed E-state index contributed by atoms with van der Waals surface area (Å²) in [5, 5.41) is 3.62. The average molecular weight is 555 g/mol. The van der Waals surface area contributed by atoms with Crippen molar-refractivity contribution in [2.24, 2.45) is 5.92 Å². The molecule has 1 aliphatic heterocycles. The third-order valence-electron chi connectivity index (χ3n) is 8.98. The highest BCUT2D eigenvalue weighted by Gasteiger charge is 2.52. The van der Waals surface area contributed by atoms with Gasteiger partial charge in [-0.2, -0.15) is 0 Å². The van der Waals surface area contributed by atoms with Gasteiger partial charge in [0.05, 0.1) is 16.9 Å². The smallest absolute Gasteiger partial charge is 0.138 e. The Kier molecular flexibility index (Phi) is 8.10. The van der Waals surface area contributed by atoms with Crippen LogP contribution < -0.4 is 5.32 Å². The molecule has 1 unspecified atom stereocenters. The number of aryl methyl sites for hydroxylation is 2. The van der Waals surface area contributed by atoms with Crippen molar-refractivity contribution in [1.29, 1.82) is 0 Å². The van der Waals surface area contributed by atoms with Crippen LogP contribution in [0, 0.1) is 19.8 Å². The first-order valence-corrected chi connectivity index (χ1v) is 15.3. The van der Waals surface area contributed by atoms with Crippen LogP contribution in [0.1, 0.15) is 47.7 Å². The van der Waals surface area contributed by atoms with Crippen molar-refractivity contribution < 1.29 is 0 Å². The van der Waals surface area contributed by atoms with Crippen LogP contribution in [-0.4, -0.2) is 41.0 Å². The first-order valence-electron chi connectivity index (χ1n) is 15.3. The number of aromatic amines is 1. The molecule has 0 bridgehead atoms. The van der Waals surface area contributed by atoms with Crippen LogP contribution in [0.15, 0.2) is 109 Å². The molecule has 5 aromatic rings. The van der Waals surface area contributed by atoms with E-state index >= 15 is 0 Å². The van der Waals surface area contributed by atoms with Gasteiger partial charge in [0.2, 0.25) is 0 Å². The van der Waals surface area contributed by atoms with Crippen LogP contribution >= 0.6 is 0 Å². The van der Waals surface area contributed by atoms with Gasteiger partial charge in [0, 0.05) is 43.2 Å². The van der Waals surface area contributed by atoms with Gasteiger partial charge in [-0.05, 0) is 30.9 Å². The van der Waals surface area contributed by atoms with E-state index in [9.17, 15) is 0 Å². The molecule has 214 valence electrons. The summed E-state index contributed by atoms with van der Waals surface area (Å²) >= 11 is 0. The fourth-order valence-electron chi connectivity index (χ4n) is 6.93. The van der Waals surface area contributed by atoms with Gasteiger partial charge in [-0.1, -0.05) is 134 Å². The summed E-state index contributed by atoms with van der Waals surface area (Å²) in [6.07, 6.45) is 0. The zero-order valence-corrected chi connectivity index (χ0v) is 25.3. The van der Waals surface area contributed by atoms with Crippen LogP contribution in [0.25, 0.3) is 22.6 Å². The van der Waals surface area contributed by atoms with E-state index in [1.807, 2.05) is 0 Å². The van der Waals surface area contributed by atoms with Crippen LogP contribution in [0.2, 0.25) is 0 Å². The molecule has 0 aliphatic carbocycles. The number of hydrogen-bond acceptors (Lipinski definition) is 3. The van der Waals surface area contributed by atoms with Crippen LogP contribution in [-0.2, 0) is 5.54 Å². The Morgan fingerprint density at radius 1 is 0.667 bits per heavy atom. The predicted octanol–water partition coefficient (Wildman–Crippen LogP) is 7.95. The molecule has 4 aromatic carbocycles. The van der Waals surface area contributed by atoms with Gasteiger partial charge in [-0.25, -0.2) is 4.98 Å². The van der Waals surface area contributed by atoms with E-state index < -0.39 is 5.54 Å². The summed E-state index contributed by atoms with van der Waals surface area (Å²) in [5.74, 6) is 1.26.